The lowest BCUT2D eigenvalue weighted by molar-refractivity contribution is -0.140. The maximum absolute atomic E-state index is 11.9. The van der Waals surface area contributed by atoms with Crippen LogP contribution in [0.25, 0.3) is 0 Å². The van der Waals surface area contributed by atoms with Crippen LogP contribution in [0.4, 0.5) is 0 Å². The molecule has 0 spiro atoms. The number of aromatic nitrogens is 3. The molecule has 166 valence electrons. The first-order valence-electron chi connectivity index (χ1n) is 10.6. The molecule has 7 nitrogen and oxygen atoms in total. The van der Waals surface area contributed by atoms with Crippen LogP contribution < -0.4 is 5.32 Å². The summed E-state index contributed by atoms with van der Waals surface area (Å²) in [7, 11) is 1.41. The minimum atomic E-state index is -0.254. The molecule has 0 bridgehead atoms. The molecule has 1 saturated heterocycles. The normalized spacial score (nSPS) is 18.0. The van der Waals surface area contributed by atoms with Gasteiger partial charge in [-0.1, -0.05) is 6.07 Å². The van der Waals surface area contributed by atoms with Gasteiger partial charge in [-0.25, -0.2) is 0 Å². The number of nitrogens with zero attached hydrogens (tertiary/aromatic N) is 4. The standard InChI is InChI=1S/C24H27N5O2S/c1-16-14-19(17(2)29(16)15-18-7-11-25-12-8-18)23-22(20-6-4-5-10-26-20)27-24(32)28(23)13-9-21(30)31-3/h4-8,10-12,14,22-23H,9,13,15H2,1-3H3,(H,27,32)/t22-,23-/m1/s1. The molecular formula is C24H27N5O2S. The molecule has 0 unspecified atom stereocenters. The maximum atomic E-state index is 11.9. The minimum Gasteiger partial charge on any atom is -0.469 e. The summed E-state index contributed by atoms with van der Waals surface area (Å²) in [4.78, 5) is 22.7. The van der Waals surface area contributed by atoms with E-state index in [1.165, 1.54) is 29.6 Å². The zero-order chi connectivity index (χ0) is 22.7. The molecule has 1 aliphatic heterocycles. The molecule has 0 saturated carbocycles. The molecule has 0 radical (unpaired) electrons. The van der Waals surface area contributed by atoms with Crippen molar-refractivity contribution in [1.82, 2.24) is 24.8 Å². The minimum absolute atomic E-state index is 0.0838. The van der Waals surface area contributed by atoms with Crippen molar-refractivity contribution in [3.8, 4) is 0 Å². The Morgan fingerprint density at radius 3 is 2.66 bits per heavy atom. The molecular weight excluding hydrogens is 422 g/mol. The predicted molar refractivity (Wildman–Crippen MR) is 126 cm³/mol. The van der Waals surface area contributed by atoms with E-state index in [4.69, 9.17) is 17.0 Å². The summed E-state index contributed by atoms with van der Waals surface area (Å²) in [6.45, 7) is 5.49. The Bertz CT molecular complexity index is 1100. The fourth-order valence-corrected chi connectivity index (χ4v) is 4.67. The summed E-state index contributed by atoms with van der Waals surface area (Å²) >= 11 is 5.69. The number of pyridine rings is 2. The van der Waals surface area contributed by atoms with E-state index in [1.54, 1.807) is 6.20 Å². The van der Waals surface area contributed by atoms with Gasteiger partial charge in [0.15, 0.2) is 5.11 Å². The van der Waals surface area contributed by atoms with Crippen molar-refractivity contribution >= 4 is 23.3 Å². The zero-order valence-corrected chi connectivity index (χ0v) is 19.3. The average Bonchev–Trinajstić information content (AvgIpc) is 3.29. The Morgan fingerprint density at radius 1 is 1.19 bits per heavy atom. The molecule has 1 aliphatic rings. The topological polar surface area (TPSA) is 72.3 Å². The number of hydrogen-bond acceptors (Lipinski definition) is 5. The van der Waals surface area contributed by atoms with Crippen molar-refractivity contribution in [1.29, 1.82) is 0 Å². The molecule has 8 heteroatoms. The highest BCUT2D eigenvalue weighted by Gasteiger charge is 2.41. The van der Waals surface area contributed by atoms with Crippen molar-refractivity contribution in [2.45, 2.75) is 38.9 Å². The van der Waals surface area contributed by atoms with Crippen LogP contribution in [0.1, 0.15) is 46.7 Å². The van der Waals surface area contributed by atoms with Gasteiger partial charge < -0.3 is 19.5 Å². The third-order valence-corrected chi connectivity index (χ3v) is 6.36. The van der Waals surface area contributed by atoms with Gasteiger partial charge in [-0.2, -0.15) is 0 Å². The van der Waals surface area contributed by atoms with Crippen LogP contribution in [0.2, 0.25) is 0 Å². The Morgan fingerprint density at radius 2 is 1.97 bits per heavy atom. The molecule has 2 atom stereocenters. The summed E-state index contributed by atoms with van der Waals surface area (Å²) in [6, 6.07) is 12.0. The van der Waals surface area contributed by atoms with E-state index in [1.807, 2.05) is 42.7 Å². The molecule has 1 N–H and O–H groups in total. The van der Waals surface area contributed by atoms with Gasteiger partial charge in [-0.3, -0.25) is 14.8 Å². The third-order valence-electron chi connectivity index (χ3n) is 6.00. The van der Waals surface area contributed by atoms with E-state index in [0.717, 1.165) is 12.2 Å². The third kappa shape index (κ3) is 4.36. The van der Waals surface area contributed by atoms with Crippen molar-refractivity contribution in [3.05, 3.63) is 83.2 Å². The van der Waals surface area contributed by atoms with E-state index in [0.29, 0.717) is 11.7 Å². The van der Waals surface area contributed by atoms with Gasteiger partial charge in [0.25, 0.3) is 0 Å². The van der Waals surface area contributed by atoms with Crippen LogP contribution in [-0.2, 0) is 16.1 Å². The molecule has 0 aliphatic carbocycles. The number of esters is 1. The summed E-state index contributed by atoms with van der Waals surface area (Å²) < 4.78 is 7.17. The zero-order valence-electron chi connectivity index (χ0n) is 18.5. The fourth-order valence-electron chi connectivity index (χ4n) is 4.34. The smallest absolute Gasteiger partial charge is 0.307 e. The number of carbonyl (C=O) groups excluding carboxylic acids is 1. The average molecular weight is 450 g/mol. The summed E-state index contributed by atoms with van der Waals surface area (Å²) in [5.41, 5.74) is 5.61. The van der Waals surface area contributed by atoms with Gasteiger partial charge in [0.05, 0.1) is 31.3 Å². The van der Waals surface area contributed by atoms with Crippen LogP contribution in [0.5, 0.6) is 0 Å². The molecule has 0 amide bonds. The van der Waals surface area contributed by atoms with Gasteiger partial charge in [0.1, 0.15) is 0 Å². The molecule has 3 aromatic heterocycles. The lowest BCUT2D eigenvalue weighted by Gasteiger charge is -2.28. The molecule has 0 aromatic carbocycles. The lowest BCUT2D eigenvalue weighted by Crippen LogP contribution is -2.32. The van der Waals surface area contributed by atoms with Gasteiger partial charge in [-0.15, -0.1) is 0 Å². The van der Waals surface area contributed by atoms with Crippen molar-refractivity contribution in [2.24, 2.45) is 0 Å². The number of nitrogens with one attached hydrogen (secondary N) is 1. The highest BCUT2D eigenvalue weighted by molar-refractivity contribution is 7.80. The first-order valence-corrected chi connectivity index (χ1v) is 11.0. The Hall–Kier alpha value is -3.26. The van der Waals surface area contributed by atoms with Crippen LogP contribution in [0.3, 0.4) is 0 Å². The molecule has 3 aromatic rings. The van der Waals surface area contributed by atoms with Crippen LogP contribution in [0, 0.1) is 13.8 Å². The highest BCUT2D eigenvalue weighted by atomic mass is 32.1. The quantitative estimate of drug-likeness (QED) is 0.437. The second kappa shape index (κ2) is 9.48. The van der Waals surface area contributed by atoms with Crippen molar-refractivity contribution < 1.29 is 9.53 Å². The van der Waals surface area contributed by atoms with Gasteiger partial charge in [0.2, 0.25) is 0 Å². The fraction of sp³-hybridized carbons (Fsp3) is 0.333. The Balaban J connectivity index is 1.73. The summed E-state index contributed by atoms with van der Waals surface area (Å²) in [5.74, 6) is -0.254. The Kier molecular flexibility index (Phi) is 6.50. The maximum Gasteiger partial charge on any atom is 0.307 e. The molecule has 4 heterocycles. The molecule has 32 heavy (non-hydrogen) atoms. The summed E-state index contributed by atoms with van der Waals surface area (Å²) in [5, 5.41) is 4.06. The molecule has 4 rings (SSSR count). The number of carbonyl (C=O) groups is 1. The first-order chi connectivity index (χ1) is 15.5. The predicted octanol–water partition coefficient (Wildman–Crippen LogP) is 3.48. The number of thiocarbonyl (C=S) groups is 1. The van der Waals surface area contributed by atoms with Crippen LogP contribution >= 0.6 is 12.2 Å². The second-order valence-corrected chi connectivity index (χ2v) is 8.30. The lowest BCUT2D eigenvalue weighted by atomic mass is 9.96. The first kappa shape index (κ1) is 22.0. The largest absolute Gasteiger partial charge is 0.469 e. The second-order valence-electron chi connectivity index (χ2n) is 7.91. The number of methoxy groups -OCH3 is 1. The van der Waals surface area contributed by atoms with Gasteiger partial charge in [0, 0.05) is 43.1 Å². The summed E-state index contributed by atoms with van der Waals surface area (Å²) in [6.07, 6.45) is 5.69. The van der Waals surface area contributed by atoms with Crippen molar-refractivity contribution in [2.75, 3.05) is 13.7 Å². The SMILES string of the molecule is COC(=O)CCN1C(=S)N[C@H](c2ccccn2)[C@H]1c1cc(C)n(Cc2ccncc2)c1C. The number of aryl methyl sites for hydroxylation is 1. The van der Waals surface area contributed by atoms with Crippen LogP contribution in [-0.4, -0.2) is 44.2 Å². The molecule has 1 fully saturated rings. The van der Waals surface area contributed by atoms with Gasteiger partial charge >= 0.3 is 5.97 Å². The van der Waals surface area contributed by atoms with E-state index in [-0.39, 0.29) is 24.5 Å². The number of hydrogen-bond donors (Lipinski definition) is 1. The number of rotatable bonds is 7. The number of ether oxygens (including phenoxy) is 1. The van der Waals surface area contributed by atoms with E-state index in [2.05, 4.69) is 44.7 Å². The van der Waals surface area contributed by atoms with Crippen LogP contribution in [0.15, 0.2) is 55.0 Å². The van der Waals surface area contributed by atoms with E-state index >= 15 is 0 Å². The van der Waals surface area contributed by atoms with Crippen molar-refractivity contribution in [3.63, 3.8) is 0 Å². The monoisotopic (exact) mass is 449 g/mol. The van der Waals surface area contributed by atoms with E-state index in [9.17, 15) is 4.79 Å². The van der Waals surface area contributed by atoms with E-state index < -0.39 is 0 Å². The van der Waals surface area contributed by atoms with Gasteiger partial charge in [-0.05, 0) is 67.5 Å². The Labute approximate surface area is 193 Å². The highest BCUT2D eigenvalue weighted by Crippen LogP contribution is 2.41.